The van der Waals surface area contributed by atoms with Crippen molar-refractivity contribution in [1.82, 2.24) is 20.9 Å². The molecule has 2 amide bonds. The number of nitrogens with one attached hydrogen (secondary N) is 4. The molecule has 2 aliphatic rings. The van der Waals surface area contributed by atoms with Crippen LogP contribution < -0.4 is 16.0 Å². The number of imide groups is 1. The van der Waals surface area contributed by atoms with Gasteiger partial charge in [-0.15, -0.1) is 0 Å². The van der Waals surface area contributed by atoms with Crippen LogP contribution in [-0.2, 0) is 19.4 Å². The van der Waals surface area contributed by atoms with Gasteiger partial charge in [0, 0.05) is 35.4 Å². The molecule has 6 nitrogen and oxygen atoms in total. The van der Waals surface area contributed by atoms with Crippen LogP contribution in [0.25, 0.3) is 32.9 Å². The van der Waals surface area contributed by atoms with Gasteiger partial charge in [0.05, 0.1) is 16.6 Å². The van der Waals surface area contributed by atoms with Crippen LogP contribution in [0, 0.1) is 0 Å². The summed E-state index contributed by atoms with van der Waals surface area (Å²) in [6.45, 7) is 4.56. The SMILES string of the molecule is CC.CNC(=S)NCc1ccc2[nH]c3c4c(c5c(c3c2c1)C(=O)NC5=O)CCc1ccccc1-4. The van der Waals surface area contributed by atoms with Gasteiger partial charge in [0.2, 0.25) is 0 Å². The third-order valence-corrected chi connectivity index (χ3v) is 6.86. The molecule has 0 atom stereocenters. The Labute approximate surface area is 203 Å². The summed E-state index contributed by atoms with van der Waals surface area (Å²) in [7, 11) is 1.78. The lowest BCUT2D eigenvalue weighted by Crippen LogP contribution is -2.31. The zero-order chi connectivity index (χ0) is 24.0. The number of fused-ring (bicyclic) bond motifs is 10. The van der Waals surface area contributed by atoms with Crippen molar-refractivity contribution in [3.05, 3.63) is 70.3 Å². The molecule has 3 aromatic carbocycles. The lowest BCUT2D eigenvalue weighted by Gasteiger charge is -2.22. The van der Waals surface area contributed by atoms with Gasteiger partial charge >= 0.3 is 0 Å². The minimum atomic E-state index is -0.322. The maximum atomic E-state index is 12.9. The first-order valence-corrected chi connectivity index (χ1v) is 12.0. The Hall–Kier alpha value is -3.71. The average molecular weight is 471 g/mol. The van der Waals surface area contributed by atoms with Gasteiger partial charge in [0.25, 0.3) is 11.8 Å². The van der Waals surface area contributed by atoms with E-state index < -0.39 is 0 Å². The summed E-state index contributed by atoms with van der Waals surface area (Å²) >= 11 is 5.19. The first-order valence-electron chi connectivity index (χ1n) is 11.6. The summed E-state index contributed by atoms with van der Waals surface area (Å²) in [5, 5.41) is 10.9. The molecule has 0 saturated carbocycles. The van der Waals surface area contributed by atoms with Gasteiger partial charge in [-0.1, -0.05) is 44.2 Å². The number of aromatic nitrogens is 1. The molecular weight excluding hydrogens is 444 g/mol. The number of H-pyrrole nitrogens is 1. The molecule has 1 aromatic heterocycles. The van der Waals surface area contributed by atoms with Crippen LogP contribution in [0.4, 0.5) is 0 Å². The van der Waals surface area contributed by atoms with Crippen LogP contribution in [0.3, 0.4) is 0 Å². The highest BCUT2D eigenvalue weighted by Gasteiger charge is 2.37. The number of aryl methyl sites for hydroxylation is 1. The molecule has 1 aliphatic heterocycles. The van der Waals surface area contributed by atoms with Crippen molar-refractivity contribution < 1.29 is 9.59 Å². The van der Waals surface area contributed by atoms with Gasteiger partial charge in [-0.25, -0.2) is 0 Å². The first-order chi connectivity index (χ1) is 16.6. The number of hydrogen-bond acceptors (Lipinski definition) is 3. The predicted molar refractivity (Wildman–Crippen MR) is 140 cm³/mol. The summed E-state index contributed by atoms with van der Waals surface area (Å²) < 4.78 is 0. The molecule has 7 heteroatoms. The fraction of sp³-hybridized carbons (Fsp3) is 0.222. The summed E-state index contributed by atoms with van der Waals surface area (Å²) in [6, 6.07) is 14.4. The van der Waals surface area contributed by atoms with Gasteiger partial charge in [0.15, 0.2) is 5.11 Å². The Balaban J connectivity index is 0.00000117. The molecule has 2 heterocycles. The lowest BCUT2D eigenvalue weighted by molar-refractivity contribution is 0.0880. The molecule has 0 saturated heterocycles. The van der Waals surface area contributed by atoms with Crippen LogP contribution in [0.5, 0.6) is 0 Å². The Kier molecular flexibility index (Phi) is 5.57. The molecular formula is C27H26N4O2S. The number of carbonyl (C=O) groups is 2. The molecule has 1 aliphatic carbocycles. The first kappa shape index (κ1) is 22.1. The minimum Gasteiger partial charge on any atom is -0.366 e. The Bertz CT molecular complexity index is 1500. The Morgan fingerprint density at radius 3 is 2.56 bits per heavy atom. The highest BCUT2D eigenvalue weighted by atomic mass is 32.1. The fourth-order valence-corrected chi connectivity index (χ4v) is 5.19. The van der Waals surface area contributed by atoms with Crippen molar-refractivity contribution >= 4 is 51.0 Å². The summed E-state index contributed by atoms with van der Waals surface area (Å²) in [6.07, 6.45) is 1.58. The van der Waals surface area contributed by atoms with Gasteiger partial charge in [-0.3, -0.25) is 14.9 Å². The number of hydrogen-bond donors (Lipinski definition) is 4. The van der Waals surface area contributed by atoms with E-state index in [0.717, 1.165) is 56.9 Å². The number of thiocarbonyl (C=S) groups is 1. The van der Waals surface area contributed by atoms with E-state index in [0.29, 0.717) is 22.8 Å². The third kappa shape index (κ3) is 3.27. The van der Waals surface area contributed by atoms with Gasteiger partial charge in [-0.05, 0) is 59.4 Å². The fourth-order valence-electron chi connectivity index (χ4n) is 5.11. The van der Waals surface area contributed by atoms with E-state index in [1.54, 1.807) is 7.05 Å². The molecule has 0 fully saturated rings. The van der Waals surface area contributed by atoms with E-state index in [9.17, 15) is 9.59 Å². The van der Waals surface area contributed by atoms with Crippen LogP contribution in [0.1, 0.15) is 51.3 Å². The van der Waals surface area contributed by atoms with Gasteiger partial charge in [-0.2, -0.15) is 0 Å². The summed E-state index contributed by atoms with van der Waals surface area (Å²) in [5.74, 6) is -0.619. The van der Waals surface area contributed by atoms with E-state index >= 15 is 0 Å². The second-order valence-corrected chi connectivity index (χ2v) is 8.64. The number of benzene rings is 3. The standard InChI is InChI=1S/C25H20N4O2S.C2H6/c1-26-25(32)27-11-12-6-9-17-16(10-12)19-21-20(23(30)29-24(21)31)15-8-7-13-4-2-3-5-14(13)18(15)22(19)28-17;1-2/h2-6,9-10,28H,7-8,11H2,1H3,(H2,26,27,32)(H,29,30,31);1-2H3. The van der Waals surface area contributed by atoms with Crippen LogP contribution in [0.2, 0.25) is 0 Å². The van der Waals surface area contributed by atoms with Crippen molar-refractivity contribution in [3.8, 4) is 11.1 Å². The second kappa shape index (κ2) is 8.57. The highest BCUT2D eigenvalue weighted by molar-refractivity contribution is 7.80. The van der Waals surface area contributed by atoms with Crippen molar-refractivity contribution in [2.45, 2.75) is 33.2 Å². The minimum absolute atomic E-state index is 0.297. The monoisotopic (exact) mass is 470 g/mol. The van der Waals surface area contributed by atoms with Gasteiger partial charge < -0.3 is 15.6 Å². The van der Waals surface area contributed by atoms with Crippen molar-refractivity contribution in [2.24, 2.45) is 0 Å². The maximum Gasteiger partial charge on any atom is 0.259 e. The zero-order valence-electron chi connectivity index (χ0n) is 19.4. The van der Waals surface area contributed by atoms with Crippen molar-refractivity contribution in [2.75, 3.05) is 7.05 Å². The molecule has 0 spiro atoms. The topological polar surface area (TPSA) is 86.0 Å². The van der Waals surface area contributed by atoms with Crippen LogP contribution in [0.15, 0.2) is 42.5 Å². The second-order valence-electron chi connectivity index (χ2n) is 8.23. The smallest absolute Gasteiger partial charge is 0.259 e. The summed E-state index contributed by atoms with van der Waals surface area (Å²) in [4.78, 5) is 29.3. The quantitative estimate of drug-likeness (QED) is 0.254. The molecule has 4 N–H and O–H groups in total. The molecule has 172 valence electrons. The number of rotatable bonds is 2. The zero-order valence-corrected chi connectivity index (χ0v) is 20.2. The number of carbonyl (C=O) groups excluding carboxylic acids is 2. The highest BCUT2D eigenvalue weighted by Crippen LogP contribution is 2.45. The van der Waals surface area contributed by atoms with E-state index in [-0.39, 0.29) is 11.8 Å². The molecule has 6 rings (SSSR count). The van der Waals surface area contributed by atoms with Crippen molar-refractivity contribution in [1.29, 1.82) is 0 Å². The maximum absolute atomic E-state index is 12.9. The normalized spacial score (nSPS) is 13.5. The third-order valence-electron chi connectivity index (χ3n) is 6.51. The van der Waals surface area contributed by atoms with E-state index in [2.05, 4.69) is 39.1 Å². The molecule has 0 unspecified atom stereocenters. The van der Waals surface area contributed by atoms with Crippen molar-refractivity contribution in [3.63, 3.8) is 0 Å². The predicted octanol–water partition coefficient (Wildman–Crippen LogP) is 4.59. The van der Waals surface area contributed by atoms with E-state index in [1.807, 2.05) is 38.1 Å². The number of amides is 2. The van der Waals surface area contributed by atoms with E-state index in [1.165, 1.54) is 5.56 Å². The van der Waals surface area contributed by atoms with Gasteiger partial charge in [0.1, 0.15) is 0 Å². The number of aromatic amines is 1. The molecule has 34 heavy (non-hydrogen) atoms. The molecule has 0 radical (unpaired) electrons. The Morgan fingerprint density at radius 2 is 1.76 bits per heavy atom. The molecule has 0 bridgehead atoms. The van der Waals surface area contributed by atoms with E-state index in [4.69, 9.17) is 12.2 Å². The largest absolute Gasteiger partial charge is 0.366 e. The average Bonchev–Trinajstić information content (AvgIpc) is 3.39. The summed E-state index contributed by atoms with van der Waals surface area (Å²) in [5.41, 5.74) is 8.30. The Morgan fingerprint density at radius 1 is 1.00 bits per heavy atom. The lowest BCUT2D eigenvalue weighted by atomic mass is 9.80. The van der Waals surface area contributed by atoms with Crippen LogP contribution >= 0.6 is 12.2 Å². The van der Waals surface area contributed by atoms with Crippen LogP contribution in [-0.4, -0.2) is 29.0 Å². The molecule has 4 aromatic rings.